The second kappa shape index (κ2) is 5.58. The predicted octanol–water partition coefficient (Wildman–Crippen LogP) is 3.08. The molecule has 0 saturated carbocycles. The van der Waals surface area contributed by atoms with E-state index in [-0.39, 0.29) is 16.9 Å². The quantitative estimate of drug-likeness (QED) is 0.516. The summed E-state index contributed by atoms with van der Waals surface area (Å²) >= 11 is 5.75. The number of anilines is 2. The van der Waals surface area contributed by atoms with E-state index >= 15 is 0 Å². The fourth-order valence-corrected chi connectivity index (χ4v) is 1.79. The molecule has 2 aromatic carbocycles. The van der Waals surface area contributed by atoms with E-state index in [1.807, 2.05) is 0 Å². The molecule has 0 saturated heterocycles. The van der Waals surface area contributed by atoms with Gasteiger partial charge >= 0.3 is 0 Å². The summed E-state index contributed by atoms with van der Waals surface area (Å²) in [5.74, 6) is -0.409. The molecule has 0 fully saturated rings. The van der Waals surface area contributed by atoms with Crippen LogP contribution in [-0.2, 0) is 0 Å². The molecule has 2 rings (SSSR count). The van der Waals surface area contributed by atoms with E-state index in [2.05, 4.69) is 5.32 Å². The van der Waals surface area contributed by atoms with Gasteiger partial charge in [0.2, 0.25) is 0 Å². The van der Waals surface area contributed by atoms with E-state index in [0.29, 0.717) is 10.7 Å². The molecule has 0 aliphatic rings. The molecule has 6 nitrogen and oxygen atoms in total. The van der Waals surface area contributed by atoms with Gasteiger partial charge in [-0.25, -0.2) is 0 Å². The van der Waals surface area contributed by atoms with E-state index < -0.39 is 10.8 Å². The highest BCUT2D eigenvalue weighted by Crippen LogP contribution is 2.20. The number of rotatable bonds is 3. The highest BCUT2D eigenvalue weighted by Gasteiger charge is 2.11. The van der Waals surface area contributed by atoms with Gasteiger partial charge in [0.05, 0.1) is 10.5 Å². The highest BCUT2D eigenvalue weighted by molar-refractivity contribution is 6.31. The lowest BCUT2D eigenvalue weighted by atomic mass is 10.1. The van der Waals surface area contributed by atoms with Gasteiger partial charge in [0, 0.05) is 28.5 Å². The van der Waals surface area contributed by atoms with E-state index in [0.717, 1.165) is 0 Å². The molecular formula is C13H10ClN3O3. The van der Waals surface area contributed by atoms with Crippen LogP contribution in [0, 0.1) is 10.1 Å². The van der Waals surface area contributed by atoms with Gasteiger partial charge in [-0.05, 0) is 30.3 Å². The smallest absolute Gasteiger partial charge is 0.269 e. The third-order valence-electron chi connectivity index (χ3n) is 2.59. The minimum absolute atomic E-state index is 0.0472. The van der Waals surface area contributed by atoms with Gasteiger partial charge in [-0.2, -0.15) is 0 Å². The van der Waals surface area contributed by atoms with Gasteiger partial charge < -0.3 is 11.1 Å². The first-order valence-electron chi connectivity index (χ1n) is 5.58. The zero-order chi connectivity index (χ0) is 14.7. The van der Waals surface area contributed by atoms with Gasteiger partial charge in [0.1, 0.15) is 0 Å². The van der Waals surface area contributed by atoms with Gasteiger partial charge in [-0.15, -0.1) is 0 Å². The number of nitro benzene ring substituents is 1. The summed E-state index contributed by atoms with van der Waals surface area (Å²) in [4.78, 5) is 22.0. The van der Waals surface area contributed by atoms with Crippen molar-refractivity contribution >= 4 is 34.6 Å². The molecule has 2 aromatic rings. The third-order valence-corrected chi connectivity index (χ3v) is 2.83. The van der Waals surface area contributed by atoms with Crippen LogP contribution in [0.4, 0.5) is 17.1 Å². The second-order valence-corrected chi connectivity index (χ2v) is 4.43. The number of nitrogens with zero attached hydrogens (tertiary/aromatic N) is 1. The number of benzene rings is 2. The molecule has 0 atom stereocenters. The lowest BCUT2D eigenvalue weighted by Gasteiger charge is -2.07. The molecule has 0 spiro atoms. The fourth-order valence-electron chi connectivity index (χ4n) is 1.61. The van der Waals surface area contributed by atoms with Crippen LogP contribution in [-0.4, -0.2) is 10.8 Å². The van der Waals surface area contributed by atoms with Crippen LogP contribution in [0.25, 0.3) is 0 Å². The van der Waals surface area contributed by atoms with Gasteiger partial charge in [0.25, 0.3) is 11.6 Å². The molecule has 102 valence electrons. The SMILES string of the molecule is Nc1cc(Cl)ccc1C(=O)Nc1ccc([N+](=O)[O-])cc1. The molecule has 0 aromatic heterocycles. The number of amides is 1. The number of non-ortho nitro benzene ring substituents is 1. The Bertz CT molecular complexity index is 671. The summed E-state index contributed by atoms with van der Waals surface area (Å²) in [6, 6.07) is 10.1. The second-order valence-electron chi connectivity index (χ2n) is 3.99. The minimum atomic E-state index is -0.511. The molecular weight excluding hydrogens is 282 g/mol. The van der Waals surface area contributed by atoms with Crippen molar-refractivity contribution in [3.8, 4) is 0 Å². The van der Waals surface area contributed by atoms with Crippen molar-refractivity contribution < 1.29 is 9.72 Å². The standard InChI is InChI=1S/C13H10ClN3O3/c14-8-1-6-11(12(15)7-8)13(18)16-9-2-4-10(5-3-9)17(19)20/h1-7H,15H2,(H,16,18). The van der Waals surface area contributed by atoms with Crippen LogP contribution in [0.3, 0.4) is 0 Å². The van der Waals surface area contributed by atoms with Gasteiger partial charge in [-0.3, -0.25) is 14.9 Å². The summed E-state index contributed by atoms with van der Waals surface area (Å²) < 4.78 is 0. The van der Waals surface area contributed by atoms with Gasteiger partial charge in [-0.1, -0.05) is 11.6 Å². The largest absolute Gasteiger partial charge is 0.398 e. The average molecular weight is 292 g/mol. The summed E-state index contributed by atoms with van der Waals surface area (Å²) in [5, 5.41) is 13.6. The maximum atomic E-state index is 12.0. The Morgan fingerprint density at radius 2 is 1.85 bits per heavy atom. The van der Waals surface area contributed by atoms with E-state index in [4.69, 9.17) is 17.3 Å². The van der Waals surface area contributed by atoms with Crippen LogP contribution in [0.1, 0.15) is 10.4 Å². The number of carbonyl (C=O) groups excluding carboxylic acids is 1. The Morgan fingerprint density at radius 3 is 2.40 bits per heavy atom. The van der Waals surface area contributed by atoms with Crippen molar-refractivity contribution in [2.75, 3.05) is 11.1 Å². The fraction of sp³-hybridized carbons (Fsp3) is 0. The van der Waals surface area contributed by atoms with Crippen molar-refractivity contribution in [3.63, 3.8) is 0 Å². The number of halogens is 1. The summed E-state index contributed by atoms with van der Waals surface area (Å²) in [7, 11) is 0. The van der Waals surface area contributed by atoms with Crippen LogP contribution in [0.5, 0.6) is 0 Å². The highest BCUT2D eigenvalue weighted by atomic mass is 35.5. The first-order valence-corrected chi connectivity index (χ1v) is 5.96. The molecule has 20 heavy (non-hydrogen) atoms. The van der Waals surface area contributed by atoms with Crippen LogP contribution < -0.4 is 11.1 Å². The first-order chi connectivity index (χ1) is 9.47. The van der Waals surface area contributed by atoms with E-state index in [1.165, 1.54) is 36.4 Å². The first kappa shape index (κ1) is 13.8. The Labute approximate surface area is 119 Å². The zero-order valence-electron chi connectivity index (χ0n) is 10.2. The molecule has 0 aliphatic carbocycles. The third kappa shape index (κ3) is 3.04. The minimum Gasteiger partial charge on any atom is -0.398 e. The number of nitrogen functional groups attached to an aromatic ring is 1. The maximum absolute atomic E-state index is 12.0. The predicted molar refractivity (Wildman–Crippen MR) is 76.9 cm³/mol. The molecule has 0 radical (unpaired) electrons. The lowest BCUT2D eigenvalue weighted by Crippen LogP contribution is -2.13. The van der Waals surface area contributed by atoms with E-state index in [1.54, 1.807) is 6.07 Å². The average Bonchev–Trinajstić information content (AvgIpc) is 2.39. The van der Waals surface area contributed by atoms with Crippen molar-refractivity contribution in [3.05, 3.63) is 63.2 Å². The monoisotopic (exact) mass is 291 g/mol. The number of nitro groups is 1. The number of carbonyl (C=O) groups is 1. The van der Waals surface area contributed by atoms with Crippen molar-refractivity contribution in [2.24, 2.45) is 0 Å². The zero-order valence-corrected chi connectivity index (χ0v) is 10.9. The van der Waals surface area contributed by atoms with Crippen molar-refractivity contribution in [1.82, 2.24) is 0 Å². The number of nitrogens with two attached hydrogens (primary N) is 1. The molecule has 0 aliphatic heterocycles. The van der Waals surface area contributed by atoms with Crippen molar-refractivity contribution in [1.29, 1.82) is 0 Å². The normalized spacial score (nSPS) is 10.1. The van der Waals surface area contributed by atoms with Crippen molar-refractivity contribution in [2.45, 2.75) is 0 Å². The molecule has 7 heteroatoms. The van der Waals surface area contributed by atoms with Crippen LogP contribution >= 0.6 is 11.6 Å². The molecule has 1 amide bonds. The number of hydrogen-bond donors (Lipinski definition) is 2. The summed E-state index contributed by atoms with van der Waals surface area (Å²) in [6.45, 7) is 0. The Balaban J connectivity index is 2.17. The maximum Gasteiger partial charge on any atom is 0.269 e. The number of hydrogen-bond acceptors (Lipinski definition) is 4. The summed E-state index contributed by atoms with van der Waals surface area (Å²) in [6.07, 6.45) is 0. The topological polar surface area (TPSA) is 98.3 Å². The Kier molecular flexibility index (Phi) is 3.86. The lowest BCUT2D eigenvalue weighted by molar-refractivity contribution is -0.384. The molecule has 3 N–H and O–H groups in total. The molecule has 0 unspecified atom stereocenters. The Morgan fingerprint density at radius 1 is 1.20 bits per heavy atom. The summed E-state index contributed by atoms with van der Waals surface area (Å²) in [5.41, 5.74) is 6.64. The molecule has 0 heterocycles. The number of nitrogens with one attached hydrogen (secondary N) is 1. The van der Waals surface area contributed by atoms with E-state index in [9.17, 15) is 14.9 Å². The van der Waals surface area contributed by atoms with Gasteiger partial charge in [0.15, 0.2) is 0 Å². The Hall–Kier alpha value is -2.60. The van der Waals surface area contributed by atoms with Crippen LogP contribution in [0.15, 0.2) is 42.5 Å². The molecule has 0 bridgehead atoms. The van der Waals surface area contributed by atoms with Crippen LogP contribution in [0.2, 0.25) is 5.02 Å².